The minimum atomic E-state index is 0.230. The van der Waals surface area contributed by atoms with Crippen LogP contribution in [0.25, 0.3) is 0 Å². The van der Waals surface area contributed by atoms with Crippen molar-refractivity contribution in [2.24, 2.45) is 11.8 Å². The van der Waals surface area contributed by atoms with Gasteiger partial charge in [-0.1, -0.05) is 26.7 Å². The molecule has 0 amide bonds. The van der Waals surface area contributed by atoms with Crippen LogP contribution in [0.4, 0.5) is 11.6 Å². The Morgan fingerprint density at radius 2 is 1.95 bits per heavy atom. The number of hydrogen-bond donors (Lipinski definition) is 4. The molecule has 0 saturated heterocycles. The molecule has 1 rings (SSSR count). The fourth-order valence-corrected chi connectivity index (χ4v) is 2.36. The van der Waals surface area contributed by atoms with Gasteiger partial charge in [0.15, 0.2) is 0 Å². The molecule has 0 radical (unpaired) electrons. The fourth-order valence-electron chi connectivity index (χ4n) is 2.36. The van der Waals surface area contributed by atoms with Gasteiger partial charge in [-0.3, -0.25) is 0 Å². The highest BCUT2D eigenvalue weighted by molar-refractivity contribution is 5.56. The molecule has 1 atom stereocenters. The zero-order chi connectivity index (χ0) is 14.8. The van der Waals surface area contributed by atoms with Gasteiger partial charge in [0.25, 0.3) is 0 Å². The van der Waals surface area contributed by atoms with E-state index in [-0.39, 0.29) is 6.61 Å². The van der Waals surface area contributed by atoms with Crippen LogP contribution in [0, 0.1) is 5.92 Å². The topological polar surface area (TPSA) is 96.1 Å². The van der Waals surface area contributed by atoms with Crippen molar-refractivity contribution in [1.29, 1.82) is 0 Å². The highest BCUT2D eigenvalue weighted by Gasteiger charge is 2.12. The Bertz CT molecular complexity index is 380. The maximum atomic E-state index is 9.10. The Labute approximate surface area is 121 Å². The summed E-state index contributed by atoms with van der Waals surface area (Å²) in [5, 5.41) is 12.5. The summed E-state index contributed by atoms with van der Waals surface area (Å²) in [6, 6.07) is 0. The number of nitrogens with one attached hydrogen (secondary N) is 2. The van der Waals surface area contributed by atoms with Crippen LogP contribution in [0.3, 0.4) is 0 Å². The van der Waals surface area contributed by atoms with E-state index in [1.165, 1.54) is 6.33 Å². The molecule has 1 aromatic rings. The molecule has 114 valence electrons. The predicted molar refractivity (Wildman–Crippen MR) is 82.4 cm³/mol. The van der Waals surface area contributed by atoms with Crippen molar-refractivity contribution >= 4 is 11.6 Å². The normalized spacial score (nSPS) is 12.2. The first-order valence-corrected chi connectivity index (χ1v) is 7.41. The zero-order valence-corrected chi connectivity index (χ0v) is 12.5. The van der Waals surface area contributed by atoms with Crippen LogP contribution >= 0.6 is 0 Å². The summed E-state index contributed by atoms with van der Waals surface area (Å²) < 4.78 is 0. The van der Waals surface area contributed by atoms with Crippen molar-refractivity contribution in [3.63, 3.8) is 0 Å². The second-order valence-electron chi connectivity index (χ2n) is 4.99. The first-order chi connectivity index (χ1) is 9.76. The smallest absolute Gasteiger partial charge is 0.148 e. The first kappa shape index (κ1) is 16.7. The average Bonchev–Trinajstić information content (AvgIpc) is 2.46. The highest BCUT2D eigenvalue weighted by Crippen LogP contribution is 2.22. The summed E-state index contributed by atoms with van der Waals surface area (Å²) >= 11 is 0. The van der Waals surface area contributed by atoms with E-state index in [4.69, 9.17) is 10.9 Å². The lowest BCUT2D eigenvalue weighted by Crippen LogP contribution is -2.19. The van der Waals surface area contributed by atoms with Gasteiger partial charge >= 0.3 is 0 Å². The van der Waals surface area contributed by atoms with Gasteiger partial charge in [-0.2, -0.15) is 0 Å². The minimum Gasteiger partial charge on any atom is -0.396 e. The Balaban J connectivity index is 2.74. The number of rotatable bonds is 10. The molecule has 0 fully saturated rings. The molecule has 1 unspecified atom stereocenters. The van der Waals surface area contributed by atoms with E-state index in [2.05, 4.69) is 34.6 Å². The molecule has 20 heavy (non-hydrogen) atoms. The molecule has 0 aromatic carbocycles. The number of anilines is 2. The van der Waals surface area contributed by atoms with Crippen LogP contribution in [0.2, 0.25) is 0 Å². The SMILES string of the molecule is CCCc1c(NN)ncnc1NCC(CCC)CCO. The molecule has 5 N–H and O–H groups in total. The second kappa shape index (κ2) is 9.50. The van der Waals surface area contributed by atoms with Gasteiger partial charge in [0.05, 0.1) is 0 Å². The van der Waals surface area contributed by atoms with E-state index in [0.717, 1.165) is 50.0 Å². The van der Waals surface area contributed by atoms with Gasteiger partial charge in [0, 0.05) is 18.7 Å². The third kappa shape index (κ3) is 4.94. The average molecular weight is 281 g/mol. The van der Waals surface area contributed by atoms with Crippen molar-refractivity contribution in [2.75, 3.05) is 23.9 Å². The van der Waals surface area contributed by atoms with E-state index >= 15 is 0 Å². The van der Waals surface area contributed by atoms with Gasteiger partial charge in [-0.15, -0.1) is 0 Å². The van der Waals surface area contributed by atoms with E-state index in [1.807, 2.05) is 0 Å². The molecule has 1 heterocycles. The predicted octanol–water partition coefficient (Wildman–Crippen LogP) is 1.93. The number of nitrogens with zero attached hydrogens (tertiary/aromatic N) is 2. The maximum Gasteiger partial charge on any atom is 0.148 e. The second-order valence-corrected chi connectivity index (χ2v) is 4.99. The maximum absolute atomic E-state index is 9.10. The molecule has 0 spiro atoms. The standard InChI is InChI=1S/C14H27N5O/c1-3-5-11(7-8-20)9-16-13-12(6-4-2)14(19-15)18-10-17-13/h10-11,20H,3-9,15H2,1-2H3,(H2,16,17,18,19). The third-order valence-corrected chi connectivity index (χ3v) is 3.37. The van der Waals surface area contributed by atoms with Gasteiger partial charge in [0.1, 0.15) is 18.0 Å². The molecule has 6 nitrogen and oxygen atoms in total. The van der Waals surface area contributed by atoms with E-state index in [9.17, 15) is 0 Å². The van der Waals surface area contributed by atoms with E-state index in [1.54, 1.807) is 0 Å². The number of hydrogen-bond acceptors (Lipinski definition) is 6. The highest BCUT2D eigenvalue weighted by atomic mass is 16.3. The molecule has 0 aliphatic rings. The Hall–Kier alpha value is -1.40. The Morgan fingerprint density at radius 1 is 1.20 bits per heavy atom. The van der Waals surface area contributed by atoms with Crippen LogP contribution in [0.15, 0.2) is 6.33 Å². The first-order valence-electron chi connectivity index (χ1n) is 7.41. The van der Waals surface area contributed by atoms with Crippen LogP contribution < -0.4 is 16.6 Å². The molecular weight excluding hydrogens is 254 g/mol. The number of hydrazine groups is 1. The molecule has 0 saturated carbocycles. The zero-order valence-electron chi connectivity index (χ0n) is 12.5. The molecule has 0 aliphatic heterocycles. The van der Waals surface area contributed by atoms with Gasteiger partial charge in [-0.25, -0.2) is 15.8 Å². The molecule has 0 bridgehead atoms. The molecule has 1 aromatic heterocycles. The van der Waals surface area contributed by atoms with Crippen LogP contribution in [0.5, 0.6) is 0 Å². The monoisotopic (exact) mass is 281 g/mol. The summed E-state index contributed by atoms with van der Waals surface area (Å²) in [4.78, 5) is 8.47. The van der Waals surface area contributed by atoms with Crippen molar-refractivity contribution in [3.8, 4) is 0 Å². The Morgan fingerprint density at radius 3 is 2.55 bits per heavy atom. The minimum absolute atomic E-state index is 0.230. The number of aliphatic hydroxyl groups is 1. The third-order valence-electron chi connectivity index (χ3n) is 3.37. The molecular formula is C14H27N5O. The van der Waals surface area contributed by atoms with Crippen molar-refractivity contribution < 1.29 is 5.11 Å². The largest absolute Gasteiger partial charge is 0.396 e. The van der Waals surface area contributed by atoms with E-state index < -0.39 is 0 Å². The van der Waals surface area contributed by atoms with Crippen molar-refractivity contribution in [1.82, 2.24) is 9.97 Å². The fraction of sp³-hybridized carbons (Fsp3) is 0.714. The van der Waals surface area contributed by atoms with Gasteiger partial charge in [-0.05, 0) is 25.2 Å². The summed E-state index contributed by atoms with van der Waals surface area (Å²) in [6.45, 7) is 5.32. The lowest BCUT2D eigenvalue weighted by molar-refractivity contribution is 0.255. The Kier molecular flexibility index (Phi) is 7.91. The van der Waals surface area contributed by atoms with E-state index in [0.29, 0.717) is 11.7 Å². The van der Waals surface area contributed by atoms with Crippen LogP contribution in [-0.2, 0) is 6.42 Å². The number of nitrogens with two attached hydrogens (primary N) is 1. The number of nitrogen functional groups attached to an aromatic ring is 1. The van der Waals surface area contributed by atoms with Crippen LogP contribution in [-0.4, -0.2) is 28.2 Å². The van der Waals surface area contributed by atoms with Crippen LogP contribution in [0.1, 0.15) is 45.1 Å². The summed E-state index contributed by atoms with van der Waals surface area (Å²) in [6.07, 6.45) is 6.43. The van der Waals surface area contributed by atoms with Gasteiger partial charge in [0.2, 0.25) is 0 Å². The summed E-state index contributed by atoms with van der Waals surface area (Å²) in [5.41, 5.74) is 3.65. The molecule has 0 aliphatic carbocycles. The number of aromatic nitrogens is 2. The van der Waals surface area contributed by atoms with Gasteiger partial charge < -0.3 is 15.8 Å². The molecule has 6 heteroatoms. The summed E-state index contributed by atoms with van der Waals surface area (Å²) in [5.74, 6) is 7.48. The van der Waals surface area contributed by atoms with Crippen molar-refractivity contribution in [3.05, 3.63) is 11.9 Å². The lowest BCUT2D eigenvalue weighted by Gasteiger charge is -2.18. The number of aliphatic hydroxyl groups excluding tert-OH is 1. The lowest BCUT2D eigenvalue weighted by atomic mass is 10.00. The quantitative estimate of drug-likeness (QED) is 0.386. The summed E-state index contributed by atoms with van der Waals surface area (Å²) in [7, 11) is 0. The van der Waals surface area contributed by atoms with Crippen molar-refractivity contribution in [2.45, 2.75) is 46.0 Å².